The highest BCUT2D eigenvalue weighted by Crippen LogP contribution is 2.10. The molecule has 1 fully saturated rings. The molecule has 6 nitrogen and oxygen atoms in total. The van der Waals surface area contributed by atoms with Gasteiger partial charge in [-0.2, -0.15) is 5.10 Å². The van der Waals surface area contributed by atoms with Crippen LogP contribution in [0.3, 0.4) is 0 Å². The minimum absolute atomic E-state index is 0.00974. The maximum atomic E-state index is 12.5. The second-order valence-corrected chi connectivity index (χ2v) is 7.02. The first-order valence-corrected chi connectivity index (χ1v) is 9.66. The normalized spacial score (nSPS) is 14.8. The van der Waals surface area contributed by atoms with Crippen molar-refractivity contribution in [1.82, 2.24) is 24.9 Å². The molecule has 1 N–H and O–H groups in total. The molecule has 1 aliphatic rings. The predicted molar refractivity (Wildman–Crippen MR) is 109 cm³/mol. The number of rotatable bonds is 5. The number of carbonyl (C=O) groups excluding carboxylic acids is 1. The Hall–Kier alpha value is -3.12. The zero-order chi connectivity index (χ0) is 19.2. The largest absolute Gasteiger partial charge is 0.334 e. The van der Waals surface area contributed by atoms with E-state index < -0.39 is 0 Å². The molecule has 144 valence electrons. The summed E-state index contributed by atoms with van der Waals surface area (Å²) in [6.07, 6.45) is 3.67. The van der Waals surface area contributed by atoms with Crippen LogP contribution in [-0.4, -0.2) is 51.8 Å². The molecule has 1 aromatic heterocycles. The molecular weight excluding hydrogens is 350 g/mol. The lowest BCUT2D eigenvalue weighted by atomic mass is 10.2. The minimum Gasteiger partial charge on any atom is -0.334 e. The second kappa shape index (κ2) is 8.71. The molecule has 0 saturated carbocycles. The van der Waals surface area contributed by atoms with Crippen LogP contribution < -0.4 is 5.32 Å². The summed E-state index contributed by atoms with van der Waals surface area (Å²) < 4.78 is 1.82. The zero-order valence-corrected chi connectivity index (χ0v) is 15.9. The highest BCUT2D eigenvalue weighted by Gasteiger charge is 2.20. The van der Waals surface area contributed by atoms with E-state index in [4.69, 9.17) is 0 Å². The molecule has 1 saturated heterocycles. The number of nitrogens with one attached hydrogen (secondary N) is 1. The van der Waals surface area contributed by atoms with Crippen molar-refractivity contribution in [1.29, 1.82) is 0 Å². The number of aromatic nitrogens is 2. The Bertz CT molecular complexity index is 869. The number of hydrogen-bond acceptors (Lipinski definition) is 3. The summed E-state index contributed by atoms with van der Waals surface area (Å²) in [7, 11) is 0. The van der Waals surface area contributed by atoms with E-state index >= 15 is 0 Å². The van der Waals surface area contributed by atoms with Gasteiger partial charge in [-0.15, -0.1) is 0 Å². The van der Waals surface area contributed by atoms with Crippen LogP contribution in [0.2, 0.25) is 0 Å². The third-order valence-corrected chi connectivity index (χ3v) is 5.06. The quantitative estimate of drug-likeness (QED) is 0.746. The van der Waals surface area contributed by atoms with Crippen LogP contribution in [0.25, 0.3) is 5.69 Å². The first-order chi connectivity index (χ1) is 13.8. The number of nitrogens with zero attached hydrogens (tertiary/aromatic N) is 4. The van der Waals surface area contributed by atoms with Gasteiger partial charge >= 0.3 is 6.03 Å². The summed E-state index contributed by atoms with van der Waals surface area (Å²) in [5.74, 6) is 0. The lowest BCUT2D eigenvalue weighted by Gasteiger charge is -2.34. The lowest BCUT2D eigenvalue weighted by Crippen LogP contribution is -2.51. The minimum atomic E-state index is 0.00974. The van der Waals surface area contributed by atoms with E-state index in [1.54, 1.807) is 6.20 Å². The molecule has 2 heterocycles. The monoisotopic (exact) mass is 375 g/mol. The molecule has 28 heavy (non-hydrogen) atoms. The standard InChI is InChI=1S/C22H25N5O/c28-22(23-17-19-7-9-21(10-8-19)27-12-4-11-24-27)26-15-13-25(14-16-26)18-20-5-2-1-3-6-20/h1-12H,13-18H2,(H,23,28). The average molecular weight is 375 g/mol. The van der Waals surface area contributed by atoms with Crippen LogP contribution in [-0.2, 0) is 13.1 Å². The molecular formula is C22H25N5O. The van der Waals surface area contributed by atoms with E-state index in [1.807, 2.05) is 52.2 Å². The average Bonchev–Trinajstić information content (AvgIpc) is 3.29. The van der Waals surface area contributed by atoms with Crippen molar-refractivity contribution >= 4 is 6.03 Å². The molecule has 0 unspecified atom stereocenters. The Labute approximate surface area is 165 Å². The van der Waals surface area contributed by atoms with Gasteiger partial charge in [0.2, 0.25) is 0 Å². The topological polar surface area (TPSA) is 53.4 Å². The molecule has 3 aromatic rings. The van der Waals surface area contributed by atoms with Crippen molar-refractivity contribution in [3.8, 4) is 5.69 Å². The van der Waals surface area contributed by atoms with Crippen LogP contribution in [0.15, 0.2) is 73.1 Å². The summed E-state index contributed by atoms with van der Waals surface area (Å²) in [5.41, 5.74) is 3.40. The Morgan fingerprint density at radius 2 is 1.64 bits per heavy atom. The second-order valence-electron chi connectivity index (χ2n) is 7.02. The number of piperazine rings is 1. The zero-order valence-electron chi connectivity index (χ0n) is 15.9. The van der Waals surface area contributed by atoms with Crippen LogP contribution in [0.4, 0.5) is 4.79 Å². The summed E-state index contributed by atoms with van der Waals surface area (Å²) in [6.45, 7) is 4.80. The fourth-order valence-corrected chi connectivity index (χ4v) is 3.43. The van der Waals surface area contributed by atoms with Gasteiger partial charge < -0.3 is 10.2 Å². The van der Waals surface area contributed by atoms with Crippen molar-refractivity contribution < 1.29 is 4.79 Å². The molecule has 2 amide bonds. The van der Waals surface area contributed by atoms with Crippen molar-refractivity contribution in [2.45, 2.75) is 13.1 Å². The van der Waals surface area contributed by atoms with Crippen LogP contribution in [0.1, 0.15) is 11.1 Å². The summed E-state index contributed by atoms with van der Waals surface area (Å²) >= 11 is 0. The Morgan fingerprint density at radius 3 is 2.32 bits per heavy atom. The van der Waals surface area contributed by atoms with Crippen molar-refractivity contribution in [2.24, 2.45) is 0 Å². The molecule has 2 aromatic carbocycles. The summed E-state index contributed by atoms with van der Waals surface area (Å²) in [5, 5.41) is 7.25. The Morgan fingerprint density at radius 1 is 0.893 bits per heavy atom. The van der Waals surface area contributed by atoms with Crippen molar-refractivity contribution in [3.05, 3.63) is 84.2 Å². The van der Waals surface area contributed by atoms with Gasteiger partial charge in [0.05, 0.1) is 5.69 Å². The Balaban J connectivity index is 1.22. The van der Waals surface area contributed by atoms with Crippen LogP contribution in [0, 0.1) is 0 Å². The molecule has 0 aliphatic carbocycles. The van der Waals surface area contributed by atoms with E-state index in [0.29, 0.717) is 6.54 Å². The molecule has 4 rings (SSSR count). The molecule has 0 bridgehead atoms. The first kappa shape index (κ1) is 18.3. The van der Waals surface area contributed by atoms with Crippen LogP contribution in [0.5, 0.6) is 0 Å². The number of urea groups is 1. The number of benzene rings is 2. The highest BCUT2D eigenvalue weighted by molar-refractivity contribution is 5.74. The molecule has 0 atom stereocenters. The van der Waals surface area contributed by atoms with E-state index in [-0.39, 0.29) is 6.03 Å². The van der Waals surface area contributed by atoms with Crippen LogP contribution >= 0.6 is 0 Å². The molecule has 0 spiro atoms. The smallest absolute Gasteiger partial charge is 0.317 e. The van der Waals surface area contributed by atoms with E-state index in [2.05, 4.69) is 39.6 Å². The van der Waals surface area contributed by atoms with Gasteiger partial charge in [-0.05, 0) is 29.3 Å². The third-order valence-electron chi connectivity index (χ3n) is 5.06. The summed E-state index contributed by atoms with van der Waals surface area (Å²) in [4.78, 5) is 16.8. The Kier molecular flexibility index (Phi) is 5.68. The molecule has 0 radical (unpaired) electrons. The SMILES string of the molecule is O=C(NCc1ccc(-n2cccn2)cc1)N1CCN(Cc2ccccc2)CC1. The van der Waals surface area contributed by atoms with E-state index in [1.165, 1.54) is 5.56 Å². The van der Waals surface area contributed by atoms with Crippen molar-refractivity contribution in [3.63, 3.8) is 0 Å². The van der Waals surface area contributed by atoms with Gasteiger partial charge in [0.15, 0.2) is 0 Å². The lowest BCUT2D eigenvalue weighted by molar-refractivity contribution is 0.135. The van der Waals surface area contributed by atoms with Gasteiger partial charge in [0.1, 0.15) is 0 Å². The first-order valence-electron chi connectivity index (χ1n) is 9.66. The summed E-state index contributed by atoms with van der Waals surface area (Å²) in [6, 6.07) is 20.5. The maximum Gasteiger partial charge on any atom is 0.317 e. The van der Waals surface area contributed by atoms with Crippen molar-refractivity contribution in [2.75, 3.05) is 26.2 Å². The number of hydrogen-bond donors (Lipinski definition) is 1. The predicted octanol–water partition coefficient (Wildman–Crippen LogP) is 2.90. The fourth-order valence-electron chi connectivity index (χ4n) is 3.43. The highest BCUT2D eigenvalue weighted by atomic mass is 16.2. The van der Waals surface area contributed by atoms with Gasteiger partial charge in [-0.25, -0.2) is 9.48 Å². The van der Waals surface area contributed by atoms with Gasteiger partial charge in [0, 0.05) is 51.7 Å². The van der Waals surface area contributed by atoms with E-state index in [0.717, 1.165) is 44.0 Å². The fraction of sp³-hybridized carbons (Fsp3) is 0.273. The maximum absolute atomic E-state index is 12.5. The molecule has 1 aliphatic heterocycles. The number of amides is 2. The molecule has 6 heteroatoms. The van der Waals surface area contributed by atoms with Gasteiger partial charge in [-0.1, -0.05) is 42.5 Å². The van der Waals surface area contributed by atoms with E-state index in [9.17, 15) is 4.79 Å². The number of carbonyl (C=O) groups is 1. The van der Waals surface area contributed by atoms with Gasteiger partial charge in [-0.3, -0.25) is 4.90 Å². The van der Waals surface area contributed by atoms with Gasteiger partial charge in [0.25, 0.3) is 0 Å². The third kappa shape index (κ3) is 4.58.